The highest BCUT2D eigenvalue weighted by molar-refractivity contribution is 7.80. The normalized spacial score (nSPS) is 11.2. The Morgan fingerprint density at radius 2 is 1.00 bits per heavy atom. The summed E-state index contributed by atoms with van der Waals surface area (Å²) in [5.74, 6) is -0.424. The van der Waals surface area contributed by atoms with Crippen LogP contribution in [0.1, 0.15) is 64.5 Å². The first-order valence-corrected chi connectivity index (χ1v) is 14.7. The number of rotatable bonds is 16. The predicted molar refractivity (Wildman–Crippen MR) is 171 cm³/mol. The molecule has 0 heterocycles. The Kier molecular flexibility index (Phi) is 14.5. The SMILES string of the molecule is CC(C)(CCNC(=S)NCNC(=S)NCCC(C)(C)CC(=O)OCc1ccccc1)CC(=O)OCc1ccccc1. The van der Waals surface area contributed by atoms with Gasteiger partial charge in [-0.25, -0.2) is 0 Å². The minimum Gasteiger partial charge on any atom is -0.461 e. The monoisotopic (exact) mass is 600 g/mol. The van der Waals surface area contributed by atoms with Crippen molar-refractivity contribution < 1.29 is 19.1 Å². The third kappa shape index (κ3) is 16.0. The lowest BCUT2D eigenvalue weighted by Gasteiger charge is -2.24. The van der Waals surface area contributed by atoms with Crippen molar-refractivity contribution in [3.63, 3.8) is 0 Å². The highest BCUT2D eigenvalue weighted by Gasteiger charge is 2.24. The summed E-state index contributed by atoms with van der Waals surface area (Å²) in [6, 6.07) is 19.3. The largest absolute Gasteiger partial charge is 0.461 e. The second-order valence-electron chi connectivity index (χ2n) is 11.5. The number of hydrogen-bond donors (Lipinski definition) is 4. The van der Waals surface area contributed by atoms with E-state index in [0.717, 1.165) is 24.0 Å². The van der Waals surface area contributed by atoms with Crippen molar-refractivity contribution in [3.05, 3.63) is 71.8 Å². The second kappa shape index (κ2) is 17.5. The molecule has 0 fully saturated rings. The first kappa shape index (κ1) is 34.0. The summed E-state index contributed by atoms with van der Waals surface area (Å²) >= 11 is 10.7. The molecule has 0 bridgehead atoms. The summed E-state index contributed by atoms with van der Waals surface area (Å²) in [7, 11) is 0. The van der Waals surface area contributed by atoms with Gasteiger partial charge < -0.3 is 30.7 Å². The molecule has 224 valence electrons. The Hall–Kier alpha value is -3.24. The fourth-order valence-corrected chi connectivity index (χ4v) is 4.24. The van der Waals surface area contributed by atoms with E-state index in [4.69, 9.17) is 33.9 Å². The molecule has 0 aromatic heterocycles. The Morgan fingerprint density at radius 1 is 0.634 bits per heavy atom. The van der Waals surface area contributed by atoms with Crippen LogP contribution in [0.25, 0.3) is 0 Å². The van der Waals surface area contributed by atoms with Gasteiger partial charge in [-0.3, -0.25) is 9.59 Å². The van der Waals surface area contributed by atoms with E-state index < -0.39 is 0 Å². The molecule has 0 aliphatic rings. The van der Waals surface area contributed by atoms with Crippen LogP contribution in [0.3, 0.4) is 0 Å². The second-order valence-corrected chi connectivity index (χ2v) is 12.3. The molecule has 0 radical (unpaired) electrons. The Labute approximate surface area is 255 Å². The summed E-state index contributed by atoms with van der Waals surface area (Å²) in [5.41, 5.74) is 1.49. The standard InChI is InChI=1S/C31H44N4O4S2/c1-30(2,19-26(36)38-21-24-11-7-5-8-12-24)15-17-32-28(40)34-23-35-29(41)33-18-16-31(3,4)20-27(37)39-22-25-13-9-6-10-14-25/h5-14H,15-23H2,1-4H3,(H2,32,34,40)(H2,33,35,41). The third-order valence-corrected chi connectivity index (χ3v) is 6.98. The van der Waals surface area contributed by atoms with E-state index in [1.165, 1.54) is 0 Å². The van der Waals surface area contributed by atoms with Gasteiger partial charge in [-0.05, 0) is 59.2 Å². The van der Waals surface area contributed by atoms with Gasteiger partial charge in [0.1, 0.15) is 13.2 Å². The predicted octanol–water partition coefficient (Wildman–Crippen LogP) is 4.97. The highest BCUT2D eigenvalue weighted by Crippen LogP contribution is 2.26. The van der Waals surface area contributed by atoms with Crippen LogP contribution in [0.4, 0.5) is 0 Å². The van der Waals surface area contributed by atoms with Gasteiger partial charge in [-0.1, -0.05) is 88.4 Å². The van der Waals surface area contributed by atoms with Crippen LogP contribution < -0.4 is 21.3 Å². The summed E-state index contributed by atoms with van der Waals surface area (Å²) in [6.07, 6.45) is 2.15. The first-order valence-electron chi connectivity index (χ1n) is 13.9. The van der Waals surface area contributed by atoms with E-state index in [1.807, 2.05) is 88.4 Å². The molecule has 0 saturated carbocycles. The van der Waals surface area contributed by atoms with Crippen molar-refractivity contribution in [1.29, 1.82) is 0 Å². The van der Waals surface area contributed by atoms with Crippen molar-refractivity contribution in [2.45, 2.75) is 66.6 Å². The summed E-state index contributed by atoms with van der Waals surface area (Å²) in [4.78, 5) is 24.5. The molecule has 0 saturated heterocycles. The molecule has 2 rings (SSSR count). The average Bonchev–Trinajstić information content (AvgIpc) is 2.91. The number of hydrogen-bond acceptors (Lipinski definition) is 6. The van der Waals surface area contributed by atoms with E-state index >= 15 is 0 Å². The molecule has 41 heavy (non-hydrogen) atoms. The molecule has 8 nitrogen and oxygen atoms in total. The number of esters is 2. The fraction of sp³-hybridized carbons (Fsp3) is 0.484. The molecule has 0 spiro atoms. The van der Waals surface area contributed by atoms with Gasteiger partial charge in [0.2, 0.25) is 0 Å². The minimum absolute atomic E-state index is 0.212. The van der Waals surface area contributed by atoms with E-state index in [-0.39, 0.29) is 36.0 Å². The van der Waals surface area contributed by atoms with Gasteiger partial charge in [0, 0.05) is 13.1 Å². The van der Waals surface area contributed by atoms with E-state index in [0.29, 0.717) is 42.8 Å². The fourth-order valence-electron chi connectivity index (χ4n) is 3.90. The van der Waals surface area contributed by atoms with Crippen LogP contribution in [-0.2, 0) is 32.3 Å². The summed E-state index contributed by atoms with van der Waals surface area (Å²) < 4.78 is 10.8. The van der Waals surface area contributed by atoms with Gasteiger partial charge in [0.05, 0.1) is 19.5 Å². The van der Waals surface area contributed by atoms with Gasteiger partial charge in [-0.15, -0.1) is 0 Å². The molecular formula is C31H44N4O4S2. The zero-order valence-corrected chi connectivity index (χ0v) is 26.2. The number of nitrogens with one attached hydrogen (secondary N) is 4. The number of carbonyl (C=O) groups is 2. The molecule has 0 amide bonds. The Morgan fingerprint density at radius 3 is 1.37 bits per heavy atom. The van der Waals surface area contributed by atoms with E-state index in [1.54, 1.807) is 0 Å². The molecule has 2 aromatic carbocycles. The zero-order chi connectivity index (χ0) is 30.1. The number of ether oxygens (including phenoxy) is 2. The van der Waals surface area contributed by atoms with Crippen molar-refractivity contribution in [3.8, 4) is 0 Å². The molecule has 0 aliphatic heterocycles. The maximum absolute atomic E-state index is 12.3. The summed E-state index contributed by atoms with van der Waals surface area (Å²) in [6.45, 7) is 10.3. The van der Waals surface area contributed by atoms with Crippen LogP contribution in [0.15, 0.2) is 60.7 Å². The average molecular weight is 601 g/mol. The van der Waals surface area contributed by atoms with Crippen LogP contribution in [-0.4, -0.2) is 41.9 Å². The van der Waals surface area contributed by atoms with Gasteiger partial charge in [-0.2, -0.15) is 0 Å². The van der Waals surface area contributed by atoms with E-state index in [2.05, 4.69) is 21.3 Å². The molecular weight excluding hydrogens is 556 g/mol. The molecule has 2 aromatic rings. The smallest absolute Gasteiger partial charge is 0.306 e. The maximum Gasteiger partial charge on any atom is 0.306 e. The van der Waals surface area contributed by atoms with Crippen molar-refractivity contribution in [2.75, 3.05) is 19.8 Å². The number of carbonyl (C=O) groups excluding carboxylic acids is 2. The van der Waals surface area contributed by atoms with Crippen LogP contribution in [0.2, 0.25) is 0 Å². The molecule has 0 aliphatic carbocycles. The number of benzene rings is 2. The molecule has 0 atom stereocenters. The first-order chi connectivity index (χ1) is 19.4. The lowest BCUT2D eigenvalue weighted by molar-refractivity contribution is -0.148. The van der Waals surface area contributed by atoms with Gasteiger partial charge >= 0.3 is 11.9 Å². The number of thiocarbonyl (C=S) groups is 2. The van der Waals surface area contributed by atoms with Gasteiger partial charge in [0.25, 0.3) is 0 Å². The van der Waals surface area contributed by atoms with Crippen LogP contribution >= 0.6 is 24.4 Å². The van der Waals surface area contributed by atoms with Gasteiger partial charge in [0.15, 0.2) is 10.2 Å². The van der Waals surface area contributed by atoms with Crippen LogP contribution in [0.5, 0.6) is 0 Å². The lowest BCUT2D eigenvalue weighted by atomic mass is 9.86. The topological polar surface area (TPSA) is 101 Å². The molecule has 4 N–H and O–H groups in total. The third-order valence-electron chi connectivity index (χ3n) is 6.40. The lowest BCUT2D eigenvalue weighted by Crippen LogP contribution is -2.46. The maximum atomic E-state index is 12.3. The highest BCUT2D eigenvalue weighted by atomic mass is 32.1. The minimum atomic E-state index is -0.230. The van der Waals surface area contributed by atoms with E-state index in [9.17, 15) is 9.59 Å². The van der Waals surface area contributed by atoms with Crippen LogP contribution in [0, 0.1) is 10.8 Å². The van der Waals surface area contributed by atoms with Crippen molar-refractivity contribution >= 4 is 46.6 Å². The van der Waals surface area contributed by atoms with Crippen molar-refractivity contribution in [1.82, 2.24) is 21.3 Å². The molecule has 0 unspecified atom stereocenters. The molecule has 10 heteroatoms. The quantitative estimate of drug-likeness (QED) is 0.120. The van der Waals surface area contributed by atoms with Crippen molar-refractivity contribution in [2.24, 2.45) is 10.8 Å². The zero-order valence-electron chi connectivity index (χ0n) is 24.6. The Balaban J connectivity index is 1.52. The summed E-state index contributed by atoms with van der Waals surface area (Å²) in [5, 5.41) is 13.5. The Bertz CT molecular complexity index is 1020.